The SMILES string of the molecule is O=C(OC[C@@H]1CCCN2CCCC[C@@H]12)c1ccc(Cl)cc1. The molecule has 0 spiro atoms. The minimum absolute atomic E-state index is 0.236. The van der Waals surface area contributed by atoms with Crippen LogP contribution in [0.15, 0.2) is 24.3 Å². The summed E-state index contributed by atoms with van der Waals surface area (Å²) in [4.78, 5) is 14.7. The summed E-state index contributed by atoms with van der Waals surface area (Å²) >= 11 is 5.83. The Hall–Kier alpha value is -1.06. The van der Waals surface area contributed by atoms with Crippen molar-refractivity contribution in [2.75, 3.05) is 19.7 Å². The zero-order chi connectivity index (χ0) is 14.7. The number of hydrogen-bond donors (Lipinski definition) is 0. The Morgan fingerprint density at radius 1 is 1.14 bits per heavy atom. The molecule has 3 nitrogen and oxygen atoms in total. The molecule has 2 aliphatic rings. The summed E-state index contributed by atoms with van der Waals surface area (Å²) in [6.45, 7) is 2.97. The number of esters is 1. The standard InChI is InChI=1S/C17H22ClNO2/c18-15-8-6-13(7-9-15)17(20)21-12-14-4-3-11-19-10-2-1-5-16(14)19/h6-9,14,16H,1-5,10-12H2/t14-,16-/m0/s1. The van der Waals surface area contributed by atoms with Crippen molar-refractivity contribution < 1.29 is 9.53 Å². The first-order chi connectivity index (χ1) is 10.2. The Morgan fingerprint density at radius 2 is 1.90 bits per heavy atom. The summed E-state index contributed by atoms with van der Waals surface area (Å²) in [5, 5.41) is 0.636. The summed E-state index contributed by atoms with van der Waals surface area (Å²) in [6.07, 6.45) is 6.27. The topological polar surface area (TPSA) is 29.5 Å². The Balaban J connectivity index is 1.56. The fourth-order valence-corrected chi connectivity index (χ4v) is 3.75. The Kier molecular flexibility index (Phi) is 4.81. The van der Waals surface area contributed by atoms with Crippen LogP contribution in [0.4, 0.5) is 0 Å². The number of ether oxygens (including phenoxy) is 1. The highest BCUT2D eigenvalue weighted by Gasteiger charge is 2.33. The maximum Gasteiger partial charge on any atom is 0.338 e. The van der Waals surface area contributed by atoms with Gasteiger partial charge >= 0.3 is 5.97 Å². The zero-order valence-electron chi connectivity index (χ0n) is 12.3. The van der Waals surface area contributed by atoms with Gasteiger partial charge in [-0.2, -0.15) is 0 Å². The van der Waals surface area contributed by atoms with Crippen molar-refractivity contribution in [3.05, 3.63) is 34.9 Å². The van der Waals surface area contributed by atoms with Gasteiger partial charge in [-0.1, -0.05) is 18.0 Å². The lowest BCUT2D eigenvalue weighted by Gasteiger charge is -2.44. The van der Waals surface area contributed by atoms with Gasteiger partial charge in [-0.25, -0.2) is 4.79 Å². The largest absolute Gasteiger partial charge is 0.462 e. The van der Waals surface area contributed by atoms with Crippen LogP contribution >= 0.6 is 11.6 Å². The average Bonchev–Trinajstić information content (AvgIpc) is 2.53. The van der Waals surface area contributed by atoms with Gasteiger partial charge in [0.2, 0.25) is 0 Å². The molecule has 21 heavy (non-hydrogen) atoms. The van der Waals surface area contributed by atoms with E-state index in [1.54, 1.807) is 24.3 Å². The van der Waals surface area contributed by atoms with Crippen LogP contribution in [-0.4, -0.2) is 36.6 Å². The van der Waals surface area contributed by atoms with Gasteiger partial charge in [-0.3, -0.25) is 4.90 Å². The molecule has 0 aliphatic carbocycles. The molecule has 3 rings (SSSR count). The van der Waals surface area contributed by atoms with E-state index in [0.717, 1.165) is 0 Å². The lowest BCUT2D eigenvalue weighted by Crippen LogP contribution is -2.49. The summed E-state index contributed by atoms with van der Waals surface area (Å²) in [7, 11) is 0. The van der Waals surface area contributed by atoms with Crippen molar-refractivity contribution in [1.29, 1.82) is 0 Å². The molecule has 114 valence electrons. The van der Waals surface area contributed by atoms with E-state index in [4.69, 9.17) is 16.3 Å². The molecule has 1 aromatic rings. The smallest absolute Gasteiger partial charge is 0.338 e. The van der Waals surface area contributed by atoms with Gasteiger partial charge in [0.05, 0.1) is 12.2 Å². The third kappa shape index (κ3) is 3.58. The summed E-state index contributed by atoms with van der Waals surface area (Å²) in [5.41, 5.74) is 0.579. The van der Waals surface area contributed by atoms with Crippen LogP contribution < -0.4 is 0 Å². The Bertz CT molecular complexity index is 486. The molecule has 0 saturated carbocycles. The second-order valence-electron chi connectivity index (χ2n) is 6.11. The molecule has 0 N–H and O–H groups in total. The quantitative estimate of drug-likeness (QED) is 0.796. The summed E-state index contributed by atoms with van der Waals surface area (Å²) < 4.78 is 5.55. The number of fused-ring (bicyclic) bond motifs is 1. The highest BCUT2D eigenvalue weighted by Crippen LogP contribution is 2.31. The predicted octanol–water partition coefficient (Wildman–Crippen LogP) is 3.76. The molecule has 0 aromatic heterocycles. The van der Waals surface area contributed by atoms with Crippen LogP contribution in [0.5, 0.6) is 0 Å². The van der Waals surface area contributed by atoms with E-state index in [0.29, 0.717) is 29.2 Å². The molecule has 0 amide bonds. The van der Waals surface area contributed by atoms with E-state index >= 15 is 0 Å². The lowest BCUT2D eigenvalue weighted by atomic mass is 9.84. The molecule has 2 fully saturated rings. The number of piperidine rings is 2. The minimum atomic E-state index is -0.236. The summed E-state index contributed by atoms with van der Waals surface area (Å²) in [5.74, 6) is 0.259. The van der Waals surface area contributed by atoms with Crippen molar-refractivity contribution in [2.24, 2.45) is 5.92 Å². The van der Waals surface area contributed by atoms with E-state index < -0.39 is 0 Å². The predicted molar refractivity (Wildman–Crippen MR) is 83.7 cm³/mol. The van der Waals surface area contributed by atoms with Crippen molar-refractivity contribution >= 4 is 17.6 Å². The van der Waals surface area contributed by atoms with Gasteiger partial charge < -0.3 is 4.74 Å². The number of halogens is 1. The second kappa shape index (κ2) is 6.80. The van der Waals surface area contributed by atoms with Crippen molar-refractivity contribution in [3.63, 3.8) is 0 Å². The van der Waals surface area contributed by atoms with Crippen LogP contribution in [0, 0.1) is 5.92 Å². The molecule has 2 saturated heterocycles. The van der Waals surface area contributed by atoms with Crippen molar-refractivity contribution in [2.45, 2.75) is 38.1 Å². The highest BCUT2D eigenvalue weighted by atomic mass is 35.5. The molecular weight excluding hydrogens is 286 g/mol. The second-order valence-corrected chi connectivity index (χ2v) is 6.54. The van der Waals surface area contributed by atoms with Crippen LogP contribution in [0.2, 0.25) is 5.02 Å². The van der Waals surface area contributed by atoms with E-state index in [1.165, 1.54) is 45.2 Å². The van der Waals surface area contributed by atoms with E-state index in [2.05, 4.69) is 4.90 Å². The third-order valence-corrected chi connectivity index (χ3v) is 4.99. The molecule has 2 aliphatic heterocycles. The summed E-state index contributed by atoms with van der Waals surface area (Å²) in [6, 6.07) is 7.51. The number of carbonyl (C=O) groups is 1. The molecule has 0 radical (unpaired) electrons. The fraction of sp³-hybridized carbons (Fsp3) is 0.588. The molecule has 2 heterocycles. The number of rotatable bonds is 3. The van der Waals surface area contributed by atoms with Crippen molar-refractivity contribution in [1.82, 2.24) is 4.90 Å². The molecular formula is C17H22ClNO2. The van der Waals surface area contributed by atoms with Gasteiger partial charge in [0.1, 0.15) is 0 Å². The third-order valence-electron chi connectivity index (χ3n) is 4.74. The van der Waals surface area contributed by atoms with E-state index in [9.17, 15) is 4.79 Å². The lowest BCUT2D eigenvalue weighted by molar-refractivity contribution is 0.00739. The first kappa shape index (κ1) is 14.9. The number of benzene rings is 1. The maximum atomic E-state index is 12.1. The van der Waals surface area contributed by atoms with Crippen LogP contribution in [0.3, 0.4) is 0 Å². The minimum Gasteiger partial charge on any atom is -0.462 e. The van der Waals surface area contributed by atoms with Crippen molar-refractivity contribution in [3.8, 4) is 0 Å². The van der Waals surface area contributed by atoms with Gasteiger partial charge in [-0.15, -0.1) is 0 Å². The van der Waals surface area contributed by atoms with E-state index in [1.807, 2.05) is 0 Å². The van der Waals surface area contributed by atoms with Crippen LogP contribution in [-0.2, 0) is 4.74 Å². The van der Waals surface area contributed by atoms with Crippen LogP contribution in [0.25, 0.3) is 0 Å². The first-order valence-corrected chi connectivity index (χ1v) is 8.28. The molecule has 4 heteroatoms. The Labute approximate surface area is 131 Å². The van der Waals surface area contributed by atoms with Gasteiger partial charge in [0.25, 0.3) is 0 Å². The fourth-order valence-electron chi connectivity index (χ4n) is 3.62. The molecule has 2 atom stereocenters. The van der Waals surface area contributed by atoms with Crippen LogP contribution in [0.1, 0.15) is 42.5 Å². The Morgan fingerprint density at radius 3 is 2.71 bits per heavy atom. The molecule has 1 aromatic carbocycles. The zero-order valence-corrected chi connectivity index (χ0v) is 13.0. The molecule has 0 bridgehead atoms. The monoisotopic (exact) mass is 307 g/mol. The van der Waals surface area contributed by atoms with Gasteiger partial charge in [-0.05, 0) is 63.0 Å². The van der Waals surface area contributed by atoms with E-state index in [-0.39, 0.29) is 5.97 Å². The number of carbonyl (C=O) groups excluding carboxylic acids is 1. The number of nitrogens with zero attached hydrogens (tertiary/aromatic N) is 1. The first-order valence-electron chi connectivity index (χ1n) is 7.91. The molecule has 0 unspecified atom stereocenters. The maximum absolute atomic E-state index is 12.1. The van der Waals surface area contributed by atoms with Gasteiger partial charge in [0.15, 0.2) is 0 Å². The normalized spacial score (nSPS) is 26.1. The average molecular weight is 308 g/mol. The van der Waals surface area contributed by atoms with Gasteiger partial charge in [0, 0.05) is 17.0 Å². The highest BCUT2D eigenvalue weighted by molar-refractivity contribution is 6.30. The number of hydrogen-bond acceptors (Lipinski definition) is 3.